The lowest BCUT2D eigenvalue weighted by molar-refractivity contribution is -0.147. The van der Waals surface area contributed by atoms with Gasteiger partial charge in [-0.05, 0) is 42.7 Å². The summed E-state index contributed by atoms with van der Waals surface area (Å²) in [5.74, 6) is -0.156. The van der Waals surface area contributed by atoms with Gasteiger partial charge in [-0.25, -0.2) is 0 Å². The van der Waals surface area contributed by atoms with Crippen LogP contribution in [-0.4, -0.2) is 37.4 Å². The molecule has 1 aliphatic rings. The summed E-state index contributed by atoms with van der Waals surface area (Å²) in [7, 11) is 3.94. The lowest BCUT2D eigenvalue weighted by atomic mass is 9.99. The molecule has 1 N–H and O–H groups in total. The minimum atomic E-state index is -0.605. The molecule has 1 heterocycles. The van der Waals surface area contributed by atoms with Gasteiger partial charge in [0.2, 0.25) is 5.91 Å². The lowest BCUT2D eigenvalue weighted by Gasteiger charge is -2.37. The number of carbonyl (C=O) groups is 2. The first-order valence-electron chi connectivity index (χ1n) is 8.82. The molecular weight excluding hydrogens is 326 g/mol. The molecule has 1 saturated heterocycles. The smallest absolute Gasteiger partial charge is 0.251 e. The first kappa shape index (κ1) is 18.0. The summed E-state index contributed by atoms with van der Waals surface area (Å²) < 4.78 is 0. The number of amides is 2. The van der Waals surface area contributed by atoms with E-state index < -0.39 is 6.04 Å². The standard InChI is InChI=1S/C21H25N3O2/c1-14-6-5-7-15(2)19(14)22-21(26)20(24-13-12-18(24)25)16-8-10-17(11-9-16)23(3)4/h5-11,20H,12-13H2,1-4H3,(H,22,26)/t20-/m1/s1. The van der Waals surface area contributed by atoms with Crippen LogP contribution in [-0.2, 0) is 9.59 Å². The van der Waals surface area contributed by atoms with Gasteiger partial charge in [0.1, 0.15) is 6.04 Å². The predicted molar refractivity (Wildman–Crippen MR) is 104 cm³/mol. The van der Waals surface area contributed by atoms with Crippen molar-refractivity contribution in [2.75, 3.05) is 30.9 Å². The van der Waals surface area contributed by atoms with Crippen LogP contribution in [0.2, 0.25) is 0 Å². The van der Waals surface area contributed by atoms with Crippen LogP contribution in [0, 0.1) is 13.8 Å². The maximum Gasteiger partial charge on any atom is 0.251 e. The SMILES string of the molecule is Cc1cccc(C)c1NC(=O)[C@@H](c1ccc(N(C)C)cc1)N1CCC1=O. The Morgan fingerprint density at radius 2 is 1.69 bits per heavy atom. The third kappa shape index (κ3) is 3.43. The molecule has 136 valence electrons. The van der Waals surface area contributed by atoms with Crippen LogP contribution in [0.4, 0.5) is 11.4 Å². The molecule has 0 saturated carbocycles. The molecule has 1 aliphatic heterocycles. The molecule has 0 spiro atoms. The van der Waals surface area contributed by atoms with Crippen molar-refractivity contribution in [1.29, 1.82) is 0 Å². The Bertz CT molecular complexity index is 807. The molecule has 5 nitrogen and oxygen atoms in total. The molecular formula is C21H25N3O2. The average molecular weight is 351 g/mol. The van der Waals surface area contributed by atoms with E-state index in [2.05, 4.69) is 5.32 Å². The maximum absolute atomic E-state index is 13.1. The van der Waals surface area contributed by atoms with Gasteiger partial charge in [0.15, 0.2) is 0 Å². The fraction of sp³-hybridized carbons (Fsp3) is 0.333. The minimum Gasteiger partial charge on any atom is -0.378 e. The van der Waals surface area contributed by atoms with E-state index in [9.17, 15) is 9.59 Å². The number of para-hydroxylation sites is 1. The summed E-state index contributed by atoms with van der Waals surface area (Å²) in [4.78, 5) is 28.8. The zero-order valence-electron chi connectivity index (χ0n) is 15.7. The molecule has 0 aliphatic carbocycles. The molecule has 26 heavy (non-hydrogen) atoms. The molecule has 5 heteroatoms. The number of likely N-dealkylation sites (tertiary alicyclic amines) is 1. The second-order valence-electron chi connectivity index (χ2n) is 6.98. The van der Waals surface area contributed by atoms with Crippen LogP contribution in [0.15, 0.2) is 42.5 Å². The number of anilines is 2. The van der Waals surface area contributed by atoms with E-state index >= 15 is 0 Å². The molecule has 0 radical (unpaired) electrons. The van der Waals surface area contributed by atoms with Crippen LogP contribution < -0.4 is 10.2 Å². The van der Waals surface area contributed by atoms with E-state index in [0.29, 0.717) is 13.0 Å². The number of rotatable bonds is 5. The summed E-state index contributed by atoms with van der Waals surface area (Å²) in [5, 5.41) is 3.04. The van der Waals surface area contributed by atoms with Crippen molar-refractivity contribution >= 4 is 23.2 Å². The number of β-lactam (4-membered cyclic amide) rings is 1. The number of hydrogen-bond acceptors (Lipinski definition) is 3. The van der Waals surface area contributed by atoms with Gasteiger partial charge < -0.3 is 15.1 Å². The highest BCUT2D eigenvalue weighted by molar-refractivity contribution is 6.00. The number of nitrogens with one attached hydrogen (secondary N) is 1. The van der Waals surface area contributed by atoms with Crippen LogP contribution in [0.3, 0.4) is 0 Å². The van der Waals surface area contributed by atoms with Crippen molar-refractivity contribution in [1.82, 2.24) is 4.90 Å². The Morgan fingerprint density at radius 1 is 1.08 bits per heavy atom. The topological polar surface area (TPSA) is 52.7 Å². The zero-order chi connectivity index (χ0) is 18.8. The van der Waals surface area contributed by atoms with Crippen molar-refractivity contribution in [2.24, 2.45) is 0 Å². The Labute approximate surface area is 154 Å². The second-order valence-corrected chi connectivity index (χ2v) is 6.98. The summed E-state index contributed by atoms with van der Waals surface area (Å²) in [6.07, 6.45) is 0.503. The van der Waals surface area contributed by atoms with E-state index in [-0.39, 0.29) is 11.8 Å². The molecule has 2 amide bonds. The molecule has 1 fully saturated rings. The van der Waals surface area contributed by atoms with Crippen molar-refractivity contribution in [3.8, 4) is 0 Å². The number of aryl methyl sites for hydroxylation is 2. The molecule has 0 aromatic heterocycles. The van der Waals surface area contributed by atoms with Gasteiger partial charge in [-0.3, -0.25) is 9.59 Å². The zero-order valence-corrected chi connectivity index (χ0v) is 15.7. The Balaban J connectivity index is 1.91. The highest BCUT2D eigenvalue weighted by atomic mass is 16.2. The van der Waals surface area contributed by atoms with Gasteiger partial charge in [0.25, 0.3) is 5.91 Å². The van der Waals surface area contributed by atoms with E-state index in [1.807, 2.05) is 75.3 Å². The molecule has 2 aromatic carbocycles. The first-order chi connectivity index (χ1) is 12.4. The molecule has 2 aromatic rings. The average Bonchev–Trinajstić information content (AvgIpc) is 2.61. The molecule has 0 unspecified atom stereocenters. The Hall–Kier alpha value is -2.82. The third-order valence-electron chi connectivity index (χ3n) is 4.90. The number of benzene rings is 2. The second kappa shape index (κ2) is 7.20. The number of nitrogens with zero attached hydrogens (tertiary/aromatic N) is 2. The van der Waals surface area contributed by atoms with E-state index in [0.717, 1.165) is 28.1 Å². The predicted octanol–water partition coefficient (Wildman–Crippen LogP) is 3.28. The Morgan fingerprint density at radius 3 is 2.15 bits per heavy atom. The molecule has 3 rings (SSSR count). The largest absolute Gasteiger partial charge is 0.378 e. The summed E-state index contributed by atoms with van der Waals surface area (Å²) >= 11 is 0. The highest BCUT2D eigenvalue weighted by Crippen LogP contribution is 2.30. The Kier molecular flexibility index (Phi) is 4.98. The van der Waals surface area contributed by atoms with Gasteiger partial charge in [-0.15, -0.1) is 0 Å². The fourth-order valence-corrected chi connectivity index (χ4v) is 3.24. The van der Waals surface area contributed by atoms with Crippen molar-refractivity contribution in [3.63, 3.8) is 0 Å². The van der Waals surface area contributed by atoms with Crippen molar-refractivity contribution in [3.05, 3.63) is 59.2 Å². The van der Waals surface area contributed by atoms with Gasteiger partial charge in [-0.1, -0.05) is 30.3 Å². The van der Waals surface area contributed by atoms with Gasteiger partial charge in [0.05, 0.1) is 0 Å². The molecule has 0 bridgehead atoms. The number of carbonyl (C=O) groups excluding carboxylic acids is 2. The number of hydrogen-bond donors (Lipinski definition) is 1. The van der Waals surface area contributed by atoms with E-state index in [1.54, 1.807) is 4.90 Å². The summed E-state index contributed by atoms with van der Waals surface area (Å²) in [6.45, 7) is 4.55. The van der Waals surface area contributed by atoms with E-state index in [4.69, 9.17) is 0 Å². The van der Waals surface area contributed by atoms with Crippen molar-refractivity contribution in [2.45, 2.75) is 26.3 Å². The first-order valence-corrected chi connectivity index (χ1v) is 8.82. The van der Waals surface area contributed by atoms with Gasteiger partial charge >= 0.3 is 0 Å². The lowest BCUT2D eigenvalue weighted by Crippen LogP contribution is -2.49. The van der Waals surface area contributed by atoms with Crippen LogP contribution in [0.1, 0.15) is 29.2 Å². The van der Waals surface area contributed by atoms with Crippen LogP contribution in [0.5, 0.6) is 0 Å². The van der Waals surface area contributed by atoms with Gasteiger partial charge in [0, 0.05) is 38.4 Å². The monoisotopic (exact) mass is 351 g/mol. The van der Waals surface area contributed by atoms with Gasteiger partial charge in [-0.2, -0.15) is 0 Å². The molecule has 1 atom stereocenters. The summed E-state index contributed by atoms with van der Waals surface area (Å²) in [5.41, 5.74) is 4.72. The fourth-order valence-electron chi connectivity index (χ4n) is 3.24. The quantitative estimate of drug-likeness (QED) is 0.841. The van der Waals surface area contributed by atoms with Crippen molar-refractivity contribution < 1.29 is 9.59 Å². The van der Waals surface area contributed by atoms with E-state index in [1.165, 1.54) is 0 Å². The minimum absolute atomic E-state index is 0.0170. The van der Waals surface area contributed by atoms with Crippen LogP contribution in [0.25, 0.3) is 0 Å². The third-order valence-corrected chi connectivity index (χ3v) is 4.90. The van der Waals surface area contributed by atoms with Crippen LogP contribution >= 0.6 is 0 Å². The normalized spacial score (nSPS) is 14.6. The highest BCUT2D eigenvalue weighted by Gasteiger charge is 2.36. The summed E-state index contributed by atoms with van der Waals surface area (Å²) in [6, 6.07) is 13.1. The maximum atomic E-state index is 13.1.